The molecule has 0 bridgehead atoms. The first-order chi connectivity index (χ1) is 25.7. The lowest BCUT2D eigenvalue weighted by Gasteiger charge is -2.14. The van der Waals surface area contributed by atoms with Gasteiger partial charge in [-0.3, -0.25) is 0 Å². The van der Waals surface area contributed by atoms with Gasteiger partial charge in [0, 0.05) is 33.0 Å². The van der Waals surface area contributed by atoms with Crippen LogP contribution < -0.4 is 0 Å². The predicted molar refractivity (Wildman–Crippen MR) is 211 cm³/mol. The van der Waals surface area contributed by atoms with Gasteiger partial charge in [-0.15, -0.1) is 0 Å². The molecule has 10 aromatic rings. The van der Waals surface area contributed by atoms with Gasteiger partial charge in [0.25, 0.3) is 0 Å². The molecule has 0 radical (unpaired) electrons. The molecule has 10 rings (SSSR count). The van der Waals surface area contributed by atoms with Gasteiger partial charge in [-0.25, -0.2) is 15.0 Å². The SMILES string of the molecule is Oc1cccc(-c2nc(-c3ccccc3)nc(-c3ccc4ccc5ccccc5c4c3)n2)c1-c1ccc(-c2cccc3oc4ccccc4c23)cc1. The molecule has 244 valence electrons. The molecule has 0 amide bonds. The molecule has 0 aliphatic carbocycles. The third kappa shape index (κ3) is 4.98. The molecule has 5 heteroatoms. The fourth-order valence-electron chi connectivity index (χ4n) is 7.34. The number of aromatic hydroxyl groups is 1. The van der Waals surface area contributed by atoms with Crippen molar-refractivity contribution in [3.05, 3.63) is 170 Å². The second-order valence-corrected chi connectivity index (χ2v) is 12.9. The zero-order chi connectivity index (χ0) is 34.6. The molecule has 2 aromatic heterocycles. The maximum Gasteiger partial charge on any atom is 0.164 e. The number of benzene rings is 8. The maximum absolute atomic E-state index is 11.4. The van der Waals surface area contributed by atoms with E-state index < -0.39 is 0 Å². The lowest BCUT2D eigenvalue weighted by molar-refractivity contribution is 0.477. The average Bonchev–Trinajstić information content (AvgIpc) is 3.60. The number of rotatable bonds is 5. The summed E-state index contributed by atoms with van der Waals surface area (Å²) in [4.78, 5) is 15.1. The van der Waals surface area contributed by atoms with Gasteiger partial charge in [-0.1, -0.05) is 146 Å². The van der Waals surface area contributed by atoms with Crippen LogP contribution in [0.15, 0.2) is 174 Å². The summed E-state index contributed by atoms with van der Waals surface area (Å²) in [5, 5.41) is 18.2. The highest BCUT2D eigenvalue weighted by Crippen LogP contribution is 2.41. The third-order valence-corrected chi connectivity index (χ3v) is 9.84. The maximum atomic E-state index is 11.4. The predicted octanol–water partition coefficient (Wildman–Crippen LogP) is 12.1. The van der Waals surface area contributed by atoms with Crippen molar-refractivity contribution in [3.63, 3.8) is 0 Å². The Hall–Kier alpha value is -7.11. The standard InChI is InChI=1S/C47H29N3O2/c51-40-17-8-16-38(43(40)32-25-22-30(23-26-32)36-15-9-19-42-44(36)37-14-6-7-18-41(37)52-42)47-49-45(33-11-2-1-3-12-33)48-46(50-47)34-27-24-31-21-20-29-10-4-5-13-35(29)39(31)28-34/h1-28,51H. The first kappa shape index (κ1) is 29.8. The smallest absolute Gasteiger partial charge is 0.164 e. The Morgan fingerprint density at radius 1 is 0.385 bits per heavy atom. The van der Waals surface area contributed by atoms with Crippen molar-refractivity contribution in [3.8, 4) is 62.2 Å². The van der Waals surface area contributed by atoms with Gasteiger partial charge in [0.1, 0.15) is 16.9 Å². The van der Waals surface area contributed by atoms with E-state index in [1.165, 1.54) is 10.8 Å². The molecule has 2 heterocycles. The number of aromatic nitrogens is 3. The van der Waals surface area contributed by atoms with Gasteiger partial charge in [0.2, 0.25) is 0 Å². The van der Waals surface area contributed by atoms with E-state index in [0.717, 1.165) is 60.5 Å². The number of phenolic OH excluding ortho intramolecular Hbond substituents is 1. The highest BCUT2D eigenvalue weighted by molar-refractivity contribution is 6.12. The number of hydrogen-bond acceptors (Lipinski definition) is 5. The Morgan fingerprint density at radius 2 is 0.981 bits per heavy atom. The van der Waals surface area contributed by atoms with Crippen LogP contribution in [-0.4, -0.2) is 20.1 Å². The van der Waals surface area contributed by atoms with E-state index in [1.54, 1.807) is 6.07 Å². The molecule has 0 spiro atoms. The van der Waals surface area contributed by atoms with Gasteiger partial charge < -0.3 is 9.52 Å². The normalized spacial score (nSPS) is 11.5. The van der Waals surface area contributed by atoms with Crippen LogP contribution in [0.25, 0.3) is 99.9 Å². The van der Waals surface area contributed by atoms with Crippen LogP contribution in [0.1, 0.15) is 0 Å². The van der Waals surface area contributed by atoms with Gasteiger partial charge in [0.15, 0.2) is 17.5 Å². The van der Waals surface area contributed by atoms with E-state index in [0.29, 0.717) is 28.6 Å². The minimum atomic E-state index is 0.147. The Bertz CT molecular complexity index is 2970. The number of phenols is 1. The molecule has 0 atom stereocenters. The number of nitrogens with zero attached hydrogens (tertiary/aromatic N) is 3. The van der Waals surface area contributed by atoms with Gasteiger partial charge >= 0.3 is 0 Å². The van der Waals surface area contributed by atoms with Crippen LogP contribution in [0.4, 0.5) is 0 Å². The number of hydrogen-bond donors (Lipinski definition) is 1. The second kappa shape index (κ2) is 12.0. The van der Waals surface area contributed by atoms with Crippen molar-refractivity contribution in [2.45, 2.75) is 0 Å². The molecule has 0 saturated heterocycles. The summed E-state index contributed by atoms with van der Waals surface area (Å²) < 4.78 is 6.16. The summed E-state index contributed by atoms with van der Waals surface area (Å²) in [6, 6.07) is 57.1. The topological polar surface area (TPSA) is 72.0 Å². The molecular formula is C47H29N3O2. The van der Waals surface area contributed by atoms with Crippen molar-refractivity contribution in [1.82, 2.24) is 15.0 Å². The monoisotopic (exact) mass is 667 g/mol. The van der Waals surface area contributed by atoms with Crippen molar-refractivity contribution in [1.29, 1.82) is 0 Å². The van der Waals surface area contributed by atoms with E-state index in [2.05, 4.69) is 78.9 Å². The van der Waals surface area contributed by atoms with Crippen molar-refractivity contribution in [2.24, 2.45) is 0 Å². The van der Waals surface area contributed by atoms with Crippen molar-refractivity contribution < 1.29 is 9.52 Å². The quantitative estimate of drug-likeness (QED) is 0.185. The van der Waals surface area contributed by atoms with Crippen molar-refractivity contribution >= 4 is 43.5 Å². The molecule has 0 saturated carbocycles. The Morgan fingerprint density at radius 3 is 1.83 bits per heavy atom. The number of furan rings is 1. The lowest BCUT2D eigenvalue weighted by atomic mass is 9.94. The molecular weight excluding hydrogens is 639 g/mol. The number of fused-ring (bicyclic) bond motifs is 6. The molecule has 8 aromatic carbocycles. The minimum Gasteiger partial charge on any atom is -0.507 e. The molecule has 0 unspecified atom stereocenters. The van der Waals surface area contributed by atoms with Gasteiger partial charge in [0.05, 0.1) is 0 Å². The van der Waals surface area contributed by atoms with E-state index in [1.807, 2.05) is 84.9 Å². The largest absolute Gasteiger partial charge is 0.507 e. The van der Waals surface area contributed by atoms with Crippen LogP contribution in [0.5, 0.6) is 5.75 Å². The van der Waals surface area contributed by atoms with Crippen LogP contribution in [-0.2, 0) is 0 Å². The molecule has 52 heavy (non-hydrogen) atoms. The van der Waals surface area contributed by atoms with Crippen LogP contribution in [0.2, 0.25) is 0 Å². The molecule has 5 nitrogen and oxygen atoms in total. The summed E-state index contributed by atoms with van der Waals surface area (Å²) in [5.41, 5.74) is 7.84. The van der Waals surface area contributed by atoms with Crippen LogP contribution in [0.3, 0.4) is 0 Å². The Labute approximate surface area is 299 Å². The first-order valence-corrected chi connectivity index (χ1v) is 17.2. The first-order valence-electron chi connectivity index (χ1n) is 17.2. The Balaban J connectivity index is 1.12. The van der Waals surface area contributed by atoms with Gasteiger partial charge in [-0.2, -0.15) is 0 Å². The lowest BCUT2D eigenvalue weighted by Crippen LogP contribution is -2.01. The van der Waals surface area contributed by atoms with E-state index in [9.17, 15) is 5.11 Å². The minimum absolute atomic E-state index is 0.147. The fraction of sp³-hybridized carbons (Fsp3) is 0. The van der Waals surface area contributed by atoms with Crippen molar-refractivity contribution in [2.75, 3.05) is 0 Å². The fourth-order valence-corrected chi connectivity index (χ4v) is 7.34. The van der Waals surface area contributed by atoms with E-state index >= 15 is 0 Å². The Kier molecular flexibility index (Phi) is 6.89. The zero-order valence-electron chi connectivity index (χ0n) is 27.9. The summed E-state index contributed by atoms with van der Waals surface area (Å²) in [6.07, 6.45) is 0. The second-order valence-electron chi connectivity index (χ2n) is 12.9. The van der Waals surface area contributed by atoms with Gasteiger partial charge in [-0.05, 0) is 62.5 Å². The molecule has 0 aliphatic rings. The zero-order valence-corrected chi connectivity index (χ0v) is 27.9. The highest BCUT2D eigenvalue weighted by Gasteiger charge is 2.19. The van der Waals surface area contributed by atoms with Crippen LogP contribution in [0, 0.1) is 0 Å². The third-order valence-electron chi connectivity index (χ3n) is 9.84. The van der Waals surface area contributed by atoms with Crippen LogP contribution >= 0.6 is 0 Å². The summed E-state index contributed by atoms with van der Waals surface area (Å²) >= 11 is 0. The molecule has 0 fully saturated rings. The summed E-state index contributed by atoms with van der Waals surface area (Å²) in [5.74, 6) is 1.74. The van der Waals surface area contributed by atoms with E-state index in [-0.39, 0.29) is 5.75 Å². The number of para-hydroxylation sites is 1. The summed E-state index contributed by atoms with van der Waals surface area (Å²) in [7, 11) is 0. The average molecular weight is 668 g/mol. The highest BCUT2D eigenvalue weighted by atomic mass is 16.3. The van der Waals surface area contributed by atoms with E-state index in [4.69, 9.17) is 19.4 Å². The molecule has 0 aliphatic heterocycles. The summed E-state index contributed by atoms with van der Waals surface area (Å²) in [6.45, 7) is 0. The molecule has 1 N–H and O–H groups in total.